The van der Waals surface area contributed by atoms with Crippen LogP contribution in [0.2, 0.25) is 0 Å². The molecule has 1 heterocycles. The minimum Gasteiger partial charge on any atom is -0.381 e. The van der Waals surface area contributed by atoms with Gasteiger partial charge in [0.1, 0.15) is 5.69 Å². The van der Waals surface area contributed by atoms with Crippen LogP contribution in [-0.2, 0) is 12.7 Å². The van der Waals surface area contributed by atoms with E-state index < -0.39 is 17.6 Å². The van der Waals surface area contributed by atoms with Gasteiger partial charge in [0.25, 0.3) is 5.91 Å². The minimum atomic E-state index is -4.34. The second-order valence-corrected chi connectivity index (χ2v) is 4.34. The number of pyridine rings is 1. The van der Waals surface area contributed by atoms with Crippen molar-refractivity contribution in [2.24, 2.45) is 5.73 Å². The Morgan fingerprint density at radius 2 is 1.86 bits per heavy atom. The van der Waals surface area contributed by atoms with E-state index in [0.717, 1.165) is 12.1 Å². The molecule has 0 spiro atoms. The summed E-state index contributed by atoms with van der Waals surface area (Å²) in [4.78, 5) is 14.8. The van der Waals surface area contributed by atoms with Gasteiger partial charge >= 0.3 is 6.18 Å². The number of nitrogens with zero attached hydrogens (tertiary/aromatic N) is 1. The minimum absolute atomic E-state index is 0.118. The largest absolute Gasteiger partial charge is 0.416 e. The van der Waals surface area contributed by atoms with Gasteiger partial charge in [0.2, 0.25) is 0 Å². The van der Waals surface area contributed by atoms with Gasteiger partial charge in [-0.05, 0) is 29.8 Å². The first-order valence-corrected chi connectivity index (χ1v) is 6.02. The summed E-state index contributed by atoms with van der Waals surface area (Å²) in [6.45, 7) is 0.320. The summed E-state index contributed by atoms with van der Waals surface area (Å²) in [5.41, 5.74) is 5.83. The van der Waals surface area contributed by atoms with Crippen LogP contribution >= 0.6 is 0 Å². The third-order valence-corrected chi connectivity index (χ3v) is 2.79. The highest BCUT2D eigenvalue weighted by Crippen LogP contribution is 2.29. The summed E-state index contributed by atoms with van der Waals surface area (Å²) in [6.07, 6.45) is -2.91. The fourth-order valence-electron chi connectivity index (χ4n) is 1.69. The van der Waals surface area contributed by atoms with Crippen molar-refractivity contribution in [1.29, 1.82) is 0 Å². The van der Waals surface area contributed by atoms with Gasteiger partial charge < -0.3 is 11.1 Å². The summed E-state index contributed by atoms with van der Waals surface area (Å²) < 4.78 is 37.3. The number of hydrogen-bond donors (Lipinski definition) is 2. The van der Waals surface area contributed by atoms with E-state index in [9.17, 15) is 18.0 Å². The molecule has 2 aromatic rings. The molecule has 7 heteroatoms. The Bertz CT molecular complexity index is 639. The Morgan fingerprint density at radius 3 is 2.43 bits per heavy atom. The summed E-state index contributed by atoms with van der Waals surface area (Å²) in [6, 6.07) is 7.96. The molecular formula is C14H12F3N3O. The third kappa shape index (κ3) is 3.95. The predicted molar refractivity (Wildman–Crippen MR) is 71.5 cm³/mol. The average molecular weight is 295 g/mol. The van der Waals surface area contributed by atoms with Crippen molar-refractivity contribution >= 4 is 11.6 Å². The van der Waals surface area contributed by atoms with Crippen LogP contribution < -0.4 is 11.1 Å². The molecule has 0 atom stereocenters. The van der Waals surface area contributed by atoms with E-state index in [1.165, 1.54) is 24.4 Å². The molecule has 1 aromatic carbocycles. The average Bonchev–Trinajstić information content (AvgIpc) is 2.45. The van der Waals surface area contributed by atoms with E-state index in [1.807, 2.05) is 0 Å². The maximum Gasteiger partial charge on any atom is 0.416 e. The van der Waals surface area contributed by atoms with Crippen LogP contribution in [0.1, 0.15) is 21.6 Å². The molecule has 0 radical (unpaired) electrons. The van der Waals surface area contributed by atoms with Crippen molar-refractivity contribution in [3.8, 4) is 0 Å². The standard InChI is InChI=1S/C14H12F3N3O/c15-14(16,17)10-3-1-9(2-4-10)8-20-11-5-6-19-12(7-11)13(18)21/h1-7H,8H2,(H2,18,21)(H,19,20). The van der Waals surface area contributed by atoms with Crippen LogP contribution in [0.5, 0.6) is 0 Å². The Morgan fingerprint density at radius 1 is 1.19 bits per heavy atom. The van der Waals surface area contributed by atoms with E-state index in [0.29, 0.717) is 17.8 Å². The second kappa shape index (κ2) is 5.82. The lowest BCUT2D eigenvalue weighted by Gasteiger charge is -2.09. The molecule has 4 nitrogen and oxygen atoms in total. The number of rotatable bonds is 4. The highest BCUT2D eigenvalue weighted by Gasteiger charge is 2.29. The molecule has 0 unspecified atom stereocenters. The molecular weight excluding hydrogens is 283 g/mol. The number of primary amides is 1. The van der Waals surface area contributed by atoms with Gasteiger partial charge in [0, 0.05) is 18.4 Å². The molecule has 3 N–H and O–H groups in total. The fourth-order valence-corrected chi connectivity index (χ4v) is 1.69. The van der Waals surface area contributed by atoms with Crippen molar-refractivity contribution in [1.82, 2.24) is 4.98 Å². The predicted octanol–water partition coefficient (Wildman–Crippen LogP) is 2.81. The lowest BCUT2D eigenvalue weighted by Crippen LogP contribution is -2.13. The molecule has 0 saturated carbocycles. The second-order valence-electron chi connectivity index (χ2n) is 4.34. The summed E-state index contributed by atoms with van der Waals surface area (Å²) in [7, 11) is 0. The van der Waals surface area contributed by atoms with Crippen LogP contribution in [0, 0.1) is 0 Å². The van der Waals surface area contributed by atoms with Crippen molar-refractivity contribution < 1.29 is 18.0 Å². The van der Waals surface area contributed by atoms with Gasteiger partial charge in [-0.2, -0.15) is 13.2 Å². The van der Waals surface area contributed by atoms with Crippen LogP contribution in [-0.4, -0.2) is 10.9 Å². The van der Waals surface area contributed by atoms with Crippen molar-refractivity contribution in [3.63, 3.8) is 0 Å². The van der Waals surface area contributed by atoms with Crippen LogP contribution in [0.4, 0.5) is 18.9 Å². The first-order valence-electron chi connectivity index (χ1n) is 6.02. The first kappa shape index (κ1) is 14.8. The highest BCUT2D eigenvalue weighted by molar-refractivity contribution is 5.91. The van der Waals surface area contributed by atoms with E-state index in [-0.39, 0.29) is 5.69 Å². The number of alkyl halides is 3. The Kier molecular flexibility index (Phi) is 4.11. The van der Waals surface area contributed by atoms with E-state index in [1.54, 1.807) is 6.07 Å². The molecule has 0 aliphatic rings. The number of nitrogens with one attached hydrogen (secondary N) is 1. The van der Waals surface area contributed by atoms with Crippen LogP contribution in [0.3, 0.4) is 0 Å². The van der Waals surface area contributed by atoms with E-state index in [2.05, 4.69) is 10.3 Å². The summed E-state index contributed by atoms with van der Waals surface area (Å²) in [5.74, 6) is -0.645. The molecule has 0 saturated heterocycles. The third-order valence-electron chi connectivity index (χ3n) is 2.79. The van der Waals surface area contributed by atoms with Gasteiger partial charge in [-0.3, -0.25) is 9.78 Å². The Labute approximate surface area is 118 Å². The molecule has 0 aliphatic heterocycles. The molecule has 1 aromatic heterocycles. The van der Waals surface area contributed by atoms with E-state index >= 15 is 0 Å². The van der Waals surface area contributed by atoms with E-state index in [4.69, 9.17) is 5.73 Å². The number of carbonyl (C=O) groups excluding carboxylic acids is 1. The van der Waals surface area contributed by atoms with Crippen LogP contribution in [0.25, 0.3) is 0 Å². The Balaban J connectivity index is 2.03. The topological polar surface area (TPSA) is 68.0 Å². The van der Waals surface area contributed by atoms with Gasteiger partial charge in [-0.1, -0.05) is 12.1 Å². The zero-order valence-electron chi connectivity index (χ0n) is 10.8. The lowest BCUT2D eigenvalue weighted by molar-refractivity contribution is -0.137. The number of benzene rings is 1. The monoisotopic (exact) mass is 295 g/mol. The van der Waals surface area contributed by atoms with Gasteiger partial charge in [0.05, 0.1) is 5.56 Å². The molecule has 1 amide bonds. The number of anilines is 1. The van der Waals surface area contributed by atoms with Crippen LogP contribution in [0.15, 0.2) is 42.6 Å². The van der Waals surface area contributed by atoms with Crippen molar-refractivity contribution in [3.05, 3.63) is 59.4 Å². The van der Waals surface area contributed by atoms with Gasteiger partial charge in [-0.25, -0.2) is 0 Å². The zero-order chi connectivity index (χ0) is 15.5. The molecule has 2 rings (SSSR count). The first-order chi connectivity index (χ1) is 9.86. The smallest absolute Gasteiger partial charge is 0.381 e. The summed E-state index contributed by atoms with van der Waals surface area (Å²) in [5, 5.41) is 2.99. The van der Waals surface area contributed by atoms with Crippen molar-refractivity contribution in [2.75, 3.05) is 5.32 Å². The highest BCUT2D eigenvalue weighted by atomic mass is 19.4. The SMILES string of the molecule is NC(=O)c1cc(NCc2ccc(C(F)(F)F)cc2)ccn1. The molecule has 0 fully saturated rings. The normalized spacial score (nSPS) is 11.2. The number of nitrogens with two attached hydrogens (primary N) is 1. The number of carbonyl (C=O) groups is 1. The number of aromatic nitrogens is 1. The molecule has 0 aliphatic carbocycles. The maximum atomic E-state index is 12.4. The number of hydrogen-bond acceptors (Lipinski definition) is 3. The molecule has 21 heavy (non-hydrogen) atoms. The van der Waals surface area contributed by atoms with Gasteiger partial charge in [-0.15, -0.1) is 0 Å². The van der Waals surface area contributed by atoms with Gasteiger partial charge in [0.15, 0.2) is 0 Å². The maximum absolute atomic E-state index is 12.4. The number of halogens is 3. The molecule has 110 valence electrons. The Hall–Kier alpha value is -2.57. The zero-order valence-corrected chi connectivity index (χ0v) is 10.8. The fraction of sp³-hybridized carbons (Fsp3) is 0.143. The summed E-state index contributed by atoms with van der Waals surface area (Å²) >= 11 is 0. The quantitative estimate of drug-likeness (QED) is 0.911. The molecule has 0 bridgehead atoms. The number of amides is 1. The lowest BCUT2D eigenvalue weighted by atomic mass is 10.1. The van der Waals surface area contributed by atoms with Crippen molar-refractivity contribution in [2.45, 2.75) is 12.7 Å².